The molecule has 5 atom stereocenters. The number of nitrogens with zero attached hydrogens (tertiary/aromatic N) is 2. The lowest BCUT2D eigenvalue weighted by atomic mass is 9.99. The number of aliphatic hydroxyl groups is 4. The van der Waals surface area contributed by atoms with Gasteiger partial charge in [-0.1, -0.05) is 11.8 Å². The molecule has 0 amide bonds. The summed E-state index contributed by atoms with van der Waals surface area (Å²) in [5, 5.41) is 38.8. The summed E-state index contributed by atoms with van der Waals surface area (Å²) in [6.07, 6.45) is -3.25. The lowest BCUT2D eigenvalue weighted by molar-refractivity contribution is -0.164. The van der Waals surface area contributed by atoms with Crippen LogP contribution < -0.4 is 0 Å². The molecule has 0 aromatic carbocycles. The van der Waals surface area contributed by atoms with Gasteiger partial charge in [-0.3, -0.25) is 4.99 Å². The molecule has 18 heavy (non-hydrogen) atoms. The molecule has 8 heteroatoms. The SMILES string of the molecule is OC[C@H]1O[C@@H]2SC(N3CC(O)C3)=N[C@@H]2[C@@H](O)[C@@H]1O. The highest BCUT2D eigenvalue weighted by Crippen LogP contribution is 2.38. The minimum atomic E-state index is -1.12. The normalized spacial score (nSPS) is 44.6. The lowest BCUT2D eigenvalue weighted by Crippen LogP contribution is -2.55. The van der Waals surface area contributed by atoms with Gasteiger partial charge in [0.25, 0.3) is 0 Å². The van der Waals surface area contributed by atoms with Gasteiger partial charge in [0, 0.05) is 13.1 Å². The van der Waals surface area contributed by atoms with Crippen LogP contribution in [0.25, 0.3) is 0 Å². The summed E-state index contributed by atoms with van der Waals surface area (Å²) in [5.74, 6) is 0. The molecule has 0 aromatic rings. The van der Waals surface area contributed by atoms with Crippen molar-refractivity contribution in [1.82, 2.24) is 4.90 Å². The standard InChI is InChI=1S/C10H16N2O5S/c13-3-5-7(15)8(16)6-9(17-5)18-10(11-6)12-1-4(14)2-12/h4-9,13-16H,1-3H2/t5-,6-,7-,8-,9-/m1/s1. The molecule has 0 unspecified atom stereocenters. The third-order valence-electron chi connectivity index (χ3n) is 3.46. The number of amidine groups is 1. The molecule has 102 valence electrons. The smallest absolute Gasteiger partial charge is 0.162 e. The third-order valence-corrected chi connectivity index (χ3v) is 4.66. The summed E-state index contributed by atoms with van der Waals surface area (Å²) in [6, 6.07) is -0.513. The Morgan fingerprint density at radius 2 is 2.00 bits per heavy atom. The first-order valence-electron chi connectivity index (χ1n) is 5.90. The van der Waals surface area contributed by atoms with Crippen LogP contribution in [0.2, 0.25) is 0 Å². The van der Waals surface area contributed by atoms with Gasteiger partial charge in [-0.15, -0.1) is 0 Å². The van der Waals surface area contributed by atoms with E-state index in [1.165, 1.54) is 11.8 Å². The third kappa shape index (κ3) is 1.93. The van der Waals surface area contributed by atoms with E-state index in [0.717, 1.165) is 5.17 Å². The maximum atomic E-state index is 9.96. The predicted molar refractivity (Wildman–Crippen MR) is 64.2 cm³/mol. The van der Waals surface area contributed by atoms with E-state index >= 15 is 0 Å². The second-order valence-corrected chi connectivity index (χ2v) is 5.85. The van der Waals surface area contributed by atoms with E-state index in [2.05, 4.69) is 4.99 Å². The van der Waals surface area contributed by atoms with E-state index in [-0.39, 0.29) is 18.1 Å². The molecule has 4 N–H and O–H groups in total. The molecular formula is C10H16N2O5S. The van der Waals surface area contributed by atoms with Gasteiger partial charge in [0.15, 0.2) is 5.17 Å². The van der Waals surface area contributed by atoms with Gasteiger partial charge in [0.1, 0.15) is 29.8 Å². The fraction of sp³-hybridized carbons (Fsp3) is 0.900. The van der Waals surface area contributed by atoms with Crippen molar-refractivity contribution in [3.8, 4) is 0 Å². The number of β-amino-alcohol motifs (C(OH)–C–C–N with tert-alkyl or cyclic N) is 1. The van der Waals surface area contributed by atoms with Crippen molar-refractivity contribution in [2.45, 2.75) is 35.9 Å². The minimum Gasteiger partial charge on any atom is -0.394 e. The zero-order valence-electron chi connectivity index (χ0n) is 9.59. The summed E-state index contributed by atoms with van der Waals surface area (Å²) in [4.78, 5) is 6.25. The minimum absolute atomic E-state index is 0.322. The Hall–Kier alpha value is -0.380. The van der Waals surface area contributed by atoms with Crippen molar-refractivity contribution < 1.29 is 25.2 Å². The molecule has 3 heterocycles. The van der Waals surface area contributed by atoms with Crippen LogP contribution >= 0.6 is 11.8 Å². The van der Waals surface area contributed by atoms with Gasteiger partial charge in [0.05, 0.1) is 12.7 Å². The van der Waals surface area contributed by atoms with Gasteiger partial charge in [-0.25, -0.2) is 0 Å². The largest absolute Gasteiger partial charge is 0.394 e. The van der Waals surface area contributed by atoms with Crippen molar-refractivity contribution >= 4 is 16.9 Å². The fourth-order valence-electron chi connectivity index (χ4n) is 2.33. The van der Waals surface area contributed by atoms with Crippen LogP contribution in [0.4, 0.5) is 0 Å². The van der Waals surface area contributed by atoms with Gasteiger partial charge < -0.3 is 30.1 Å². The molecule has 7 nitrogen and oxygen atoms in total. The summed E-state index contributed by atoms with van der Waals surface area (Å²) in [6.45, 7) is 0.737. The highest BCUT2D eigenvalue weighted by atomic mass is 32.2. The van der Waals surface area contributed by atoms with E-state index in [1.807, 2.05) is 4.90 Å². The van der Waals surface area contributed by atoms with E-state index in [4.69, 9.17) is 9.84 Å². The van der Waals surface area contributed by atoms with E-state index < -0.39 is 24.4 Å². The lowest BCUT2D eigenvalue weighted by Gasteiger charge is -2.38. The highest BCUT2D eigenvalue weighted by Gasteiger charge is 2.49. The van der Waals surface area contributed by atoms with Crippen LogP contribution in [-0.2, 0) is 4.74 Å². The molecule has 3 aliphatic rings. The predicted octanol–water partition coefficient (Wildman–Crippen LogP) is -2.43. The van der Waals surface area contributed by atoms with Crippen molar-refractivity contribution in [3.05, 3.63) is 0 Å². The Labute approximate surface area is 108 Å². The Bertz CT molecular complexity index is 362. The molecule has 2 fully saturated rings. The van der Waals surface area contributed by atoms with Crippen LogP contribution in [-0.4, -0.2) is 86.1 Å². The number of aliphatic hydroxyl groups excluding tert-OH is 4. The van der Waals surface area contributed by atoms with Crippen molar-refractivity contribution in [1.29, 1.82) is 0 Å². The van der Waals surface area contributed by atoms with Crippen molar-refractivity contribution in [2.24, 2.45) is 4.99 Å². The number of ether oxygens (including phenoxy) is 1. The number of fused-ring (bicyclic) bond motifs is 1. The number of rotatable bonds is 1. The molecule has 0 saturated carbocycles. The van der Waals surface area contributed by atoms with Crippen molar-refractivity contribution in [3.63, 3.8) is 0 Å². The van der Waals surface area contributed by atoms with Gasteiger partial charge in [-0.05, 0) is 0 Å². The second-order valence-electron chi connectivity index (χ2n) is 4.79. The monoisotopic (exact) mass is 276 g/mol. The first-order chi connectivity index (χ1) is 8.60. The molecule has 0 spiro atoms. The van der Waals surface area contributed by atoms with Crippen molar-refractivity contribution in [2.75, 3.05) is 19.7 Å². The number of aliphatic imine (C=N–C) groups is 1. The Morgan fingerprint density at radius 3 is 2.61 bits per heavy atom. The summed E-state index contributed by atoms with van der Waals surface area (Å²) >= 11 is 1.37. The molecule has 0 radical (unpaired) electrons. The average molecular weight is 276 g/mol. The van der Waals surface area contributed by atoms with E-state index in [0.29, 0.717) is 13.1 Å². The zero-order valence-corrected chi connectivity index (χ0v) is 10.4. The molecular weight excluding hydrogens is 260 g/mol. The van der Waals surface area contributed by atoms with Crippen LogP contribution in [0.5, 0.6) is 0 Å². The number of hydrogen-bond donors (Lipinski definition) is 4. The number of thioether (sulfide) groups is 1. The number of hydrogen-bond acceptors (Lipinski definition) is 8. The fourth-order valence-corrected chi connectivity index (χ4v) is 3.58. The van der Waals surface area contributed by atoms with Crippen LogP contribution in [0.15, 0.2) is 4.99 Å². The molecule has 0 aliphatic carbocycles. The van der Waals surface area contributed by atoms with E-state index in [9.17, 15) is 15.3 Å². The molecule has 3 aliphatic heterocycles. The Balaban J connectivity index is 1.71. The van der Waals surface area contributed by atoms with Gasteiger partial charge in [-0.2, -0.15) is 0 Å². The quantitative estimate of drug-likeness (QED) is 0.422. The average Bonchev–Trinajstić information content (AvgIpc) is 2.73. The zero-order chi connectivity index (χ0) is 12.9. The van der Waals surface area contributed by atoms with Gasteiger partial charge >= 0.3 is 0 Å². The summed E-state index contributed by atoms with van der Waals surface area (Å²) in [5.41, 5.74) is -0.381. The maximum Gasteiger partial charge on any atom is 0.162 e. The first kappa shape index (κ1) is 12.6. The topological polar surface area (TPSA) is 106 Å². The van der Waals surface area contributed by atoms with Gasteiger partial charge in [0.2, 0.25) is 0 Å². The molecule has 0 aromatic heterocycles. The summed E-state index contributed by atoms with van der Waals surface area (Å²) < 4.78 is 5.52. The highest BCUT2D eigenvalue weighted by molar-refractivity contribution is 8.14. The second kappa shape index (κ2) is 4.62. The molecule has 2 saturated heterocycles. The van der Waals surface area contributed by atoms with Crippen LogP contribution in [0, 0.1) is 0 Å². The summed E-state index contributed by atoms with van der Waals surface area (Å²) in [7, 11) is 0. The molecule has 3 rings (SSSR count). The Kier molecular flexibility index (Phi) is 3.25. The maximum absolute atomic E-state index is 9.96. The van der Waals surface area contributed by atoms with Crippen LogP contribution in [0.1, 0.15) is 0 Å². The number of likely N-dealkylation sites (tertiary alicyclic amines) is 1. The first-order valence-corrected chi connectivity index (χ1v) is 6.78. The molecule has 0 bridgehead atoms. The van der Waals surface area contributed by atoms with E-state index in [1.54, 1.807) is 0 Å². The van der Waals surface area contributed by atoms with Crippen LogP contribution in [0.3, 0.4) is 0 Å². The Morgan fingerprint density at radius 1 is 1.28 bits per heavy atom.